The first-order valence-electron chi connectivity index (χ1n) is 4.65. The highest BCUT2D eigenvalue weighted by atomic mass is 35.5. The van der Waals surface area contributed by atoms with Crippen LogP contribution in [0.3, 0.4) is 0 Å². The summed E-state index contributed by atoms with van der Waals surface area (Å²) < 4.78 is 1.38. The number of hydrogen-bond acceptors (Lipinski definition) is 5. The number of rotatable bonds is 4. The van der Waals surface area contributed by atoms with Gasteiger partial charge in [-0.2, -0.15) is 4.68 Å². The van der Waals surface area contributed by atoms with Gasteiger partial charge in [-0.15, -0.1) is 5.10 Å². The third kappa shape index (κ3) is 3.12. The van der Waals surface area contributed by atoms with E-state index in [0.29, 0.717) is 20.9 Å². The molecule has 0 amide bonds. The molecule has 9 heteroatoms. The van der Waals surface area contributed by atoms with Crippen molar-refractivity contribution in [2.75, 3.05) is 5.75 Å². The molecule has 1 heterocycles. The van der Waals surface area contributed by atoms with Crippen LogP contribution in [0.25, 0.3) is 5.69 Å². The van der Waals surface area contributed by atoms with Crippen molar-refractivity contribution in [3.05, 3.63) is 28.2 Å². The van der Waals surface area contributed by atoms with Crippen LogP contribution in [0.1, 0.15) is 0 Å². The van der Waals surface area contributed by atoms with Crippen LogP contribution in [0, 0.1) is 0 Å². The van der Waals surface area contributed by atoms with Gasteiger partial charge in [-0.1, -0.05) is 35.0 Å². The van der Waals surface area contributed by atoms with Crippen LogP contribution in [-0.2, 0) is 4.79 Å². The van der Waals surface area contributed by atoms with Crippen molar-refractivity contribution >= 4 is 40.9 Å². The summed E-state index contributed by atoms with van der Waals surface area (Å²) in [6.45, 7) is 0. The van der Waals surface area contributed by atoms with Crippen molar-refractivity contribution in [2.45, 2.75) is 5.16 Å². The topological polar surface area (TPSA) is 80.9 Å². The minimum absolute atomic E-state index is 0.130. The highest BCUT2D eigenvalue weighted by molar-refractivity contribution is 7.99. The van der Waals surface area contributed by atoms with Crippen LogP contribution in [-0.4, -0.2) is 37.0 Å². The van der Waals surface area contributed by atoms with Crippen molar-refractivity contribution in [3.8, 4) is 5.69 Å². The van der Waals surface area contributed by atoms with Gasteiger partial charge in [0.15, 0.2) is 0 Å². The summed E-state index contributed by atoms with van der Waals surface area (Å²) in [5.74, 6) is -1.08. The minimum atomic E-state index is -0.946. The van der Waals surface area contributed by atoms with Gasteiger partial charge < -0.3 is 5.11 Å². The van der Waals surface area contributed by atoms with Gasteiger partial charge in [0.1, 0.15) is 0 Å². The second-order valence-electron chi connectivity index (χ2n) is 3.18. The number of benzene rings is 1. The van der Waals surface area contributed by atoms with Gasteiger partial charge in [-0.3, -0.25) is 4.79 Å². The van der Waals surface area contributed by atoms with Crippen LogP contribution >= 0.6 is 35.0 Å². The third-order valence-corrected chi connectivity index (χ3v) is 3.20. The number of tetrazole rings is 1. The average Bonchev–Trinajstić information content (AvgIpc) is 2.72. The molecule has 1 aromatic heterocycles. The Kier molecular flexibility index (Phi) is 4.05. The SMILES string of the molecule is O=C(O)CSc1nnnn1-c1cc(Cl)cc(Cl)c1. The van der Waals surface area contributed by atoms with E-state index in [9.17, 15) is 4.79 Å². The van der Waals surface area contributed by atoms with Gasteiger partial charge in [0, 0.05) is 10.0 Å². The van der Waals surface area contributed by atoms with Crippen LogP contribution < -0.4 is 0 Å². The van der Waals surface area contributed by atoms with Crippen LogP contribution in [0.4, 0.5) is 0 Å². The smallest absolute Gasteiger partial charge is 0.313 e. The maximum absolute atomic E-state index is 10.5. The zero-order valence-electron chi connectivity index (χ0n) is 8.75. The highest BCUT2D eigenvalue weighted by Gasteiger charge is 2.11. The summed E-state index contributed by atoms with van der Waals surface area (Å²) in [5, 5.41) is 20.9. The zero-order valence-corrected chi connectivity index (χ0v) is 11.1. The van der Waals surface area contributed by atoms with E-state index in [2.05, 4.69) is 15.5 Å². The summed E-state index contributed by atoms with van der Waals surface area (Å²) in [6.07, 6.45) is 0. The van der Waals surface area contributed by atoms with Crippen LogP contribution in [0.5, 0.6) is 0 Å². The molecule has 0 spiro atoms. The minimum Gasteiger partial charge on any atom is -0.481 e. The van der Waals surface area contributed by atoms with E-state index in [1.54, 1.807) is 18.2 Å². The van der Waals surface area contributed by atoms with E-state index < -0.39 is 5.97 Å². The Labute approximate surface area is 116 Å². The lowest BCUT2D eigenvalue weighted by Gasteiger charge is -2.04. The number of carbonyl (C=O) groups is 1. The van der Waals surface area contributed by atoms with E-state index in [4.69, 9.17) is 28.3 Å². The van der Waals surface area contributed by atoms with Crippen molar-refractivity contribution in [1.82, 2.24) is 20.2 Å². The predicted octanol–water partition coefficient (Wildman–Crippen LogP) is 2.15. The first-order chi connectivity index (χ1) is 8.56. The van der Waals surface area contributed by atoms with E-state index >= 15 is 0 Å². The fraction of sp³-hybridized carbons (Fsp3) is 0.111. The van der Waals surface area contributed by atoms with Gasteiger partial charge in [-0.25, -0.2) is 0 Å². The number of thioether (sulfide) groups is 1. The van der Waals surface area contributed by atoms with Gasteiger partial charge in [0.05, 0.1) is 11.4 Å². The second kappa shape index (κ2) is 5.55. The van der Waals surface area contributed by atoms with Crippen molar-refractivity contribution in [2.24, 2.45) is 0 Å². The molecular formula is C9H6Cl2N4O2S. The van der Waals surface area contributed by atoms with E-state index in [0.717, 1.165) is 11.8 Å². The molecule has 6 nitrogen and oxygen atoms in total. The number of halogens is 2. The predicted molar refractivity (Wildman–Crippen MR) is 67.5 cm³/mol. The summed E-state index contributed by atoms with van der Waals surface area (Å²) in [6, 6.07) is 4.85. The molecule has 0 atom stereocenters. The van der Waals surface area contributed by atoms with Crippen molar-refractivity contribution in [3.63, 3.8) is 0 Å². The van der Waals surface area contributed by atoms with Crippen molar-refractivity contribution in [1.29, 1.82) is 0 Å². The normalized spacial score (nSPS) is 10.6. The largest absolute Gasteiger partial charge is 0.481 e. The molecule has 0 aliphatic rings. The number of aliphatic carboxylic acids is 1. The van der Waals surface area contributed by atoms with E-state index in [-0.39, 0.29) is 5.75 Å². The van der Waals surface area contributed by atoms with Gasteiger partial charge in [-0.05, 0) is 28.6 Å². The standard InChI is InChI=1S/C9H6Cl2N4O2S/c10-5-1-6(11)3-7(2-5)15-9(12-13-14-15)18-4-8(16)17/h1-3H,4H2,(H,16,17). The molecule has 94 valence electrons. The Morgan fingerprint density at radius 3 is 2.61 bits per heavy atom. The van der Waals surface area contributed by atoms with Crippen molar-refractivity contribution < 1.29 is 9.90 Å². The summed E-state index contributed by atoms with van der Waals surface area (Å²) in [5.41, 5.74) is 0.574. The molecule has 0 aliphatic heterocycles. The molecule has 0 aliphatic carbocycles. The van der Waals surface area contributed by atoms with E-state index in [1.165, 1.54) is 4.68 Å². The Morgan fingerprint density at radius 1 is 1.33 bits per heavy atom. The molecule has 0 saturated carbocycles. The first kappa shape index (κ1) is 13.1. The molecule has 2 aromatic rings. The highest BCUT2D eigenvalue weighted by Crippen LogP contribution is 2.24. The molecule has 0 saturated heterocycles. The van der Waals surface area contributed by atoms with Gasteiger partial charge in [0.25, 0.3) is 0 Å². The lowest BCUT2D eigenvalue weighted by atomic mass is 10.3. The summed E-state index contributed by atoms with van der Waals surface area (Å²) in [4.78, 5) is 10.5. The third-order valence-electron chi connectivity index (χ3n) is 1.86. The second-order valence-corrected chi connectivity index (χ2v) is 5.00. The first-order valence-corrected chi connectivity index (χ1v) is 6.40. The lowest BCUT2D eigenvalue weighted by Crippen LogP contribution is -2.03. The van der Waals surface area contributed by atoms with Crippen LogP contribution in [0.15, 0.2) is 23.4 Å². The van der Waals surface area contributed by atoms with Gasteiger partial charge >= 0.3 is 5.97 Å². The fourth-order valence-electron chi connectivity index (χ4n) is 1.22. The molecule has 1 aromatic carbocycles. The Balaban J connectivity index is 2.33. The quantitative estimate of drug-likeness (QED) is 0.872. The summed E-state index contributed by atoms with van der Waals surface area (Å²) in [7, 11) is 0. The lowest BCUT2D eigenvalue weighted by molar-refractivity contribution is -0.133. The average molecular weight is 305 g/mol. The Hall–Kier alpha value is -1.31. The number of hydrogen-bond donors (Lipinski definition) is 1. The number of carboxylic acid groups (broad SMARTS) is 1. The number of aromatic nitrogens is 4. The summed E-state index contributed by atoms with van der Waals surface area (Å²) >= 11 is 12.8. The monoisotopic (exact) mass is 304 g/mol. The molecule has 1 N–H and O–H groups in total. The molecule has 18 heavy (non-hydrogen) atoms. The van der Waals surface area contributed by atoms with E-state index in [1.807, 2.05) is 0 Å². The molecule has 2 rings (SSSR count). The Morgan fingerprint density at radius 2 is 2.00 bits per heavy atom. The maximum atomic E-state index is 10.5. The zero-order chi connectivity index (χ0) is 13.1. The molecule has 0 bridgehead atoms. The fourth-order valence-corrected chi connectivity index (χ4v) is 2.34. The number of nitrogens with zero attached hydrogens (tertiary/aromatic N) is 4. The molecule has 0 radical (unpaired) electrons. The Bertz CT molecular complexity index is 569. The van der Waals surface area contributed by atoms with Gasteiger partial charge in [0.2, 0.25) is 5.16 Å². The maximum Gasteiger partial charge on any atom is 0.313 e. The van der Waals surface area contributed by atoms with Crippen LogP contribution in [0.2, 0.25) is 10.0 Å². The molecule has 0 fully saturated rings. The molecular weight excluding hydrogens is 299 g/mol. The number of carboxylic acids is 1. The molecule has 0 unspecified atom stereocenters.